The highest BCUT2D eigenvalue weighted by atomic mass is 32.1. The molecule has 7 heteroatoms. The second kappa shape index (κ2) is 11.7. The predicted molar refractivity (Wildman–Crippen MR) is 240 cm³/mol. The summed E-state index contributed by atoms with van der Waals surface area (Å²) in [5.41, 5.74) is 15.1. The first kappa shape index (κ1) is 31.9. The van der Waals surface area contributed by atoms with Gasteiger partial charge in [0.25, 0.3) is 13.4 Å². The minimum absolute atomic E-state index is 0.120. The Morgan fingerprint density at radius 2 is 1.11 bits per heavy atom. The Balaban J connectivity index is 1.00. The molecule has 7 aliphatic rings. The van der Waals surface area contributed by atoms with E-state index >= 15 is 0 Å². The SMILES string of the molecule is c1ccc2c(c1)B1c3cc4cc5c(c6c4c(c3Oc3cccc(c31)N2C1CCCCC1)CC6)Oc1cccc2c1B5c1c(sc3ccccc13)N2C1CCCCC1. The molecule has 0 unspecified atom stereocenters. The molecular weight excluding hydrogens is 714 g/mol. The van der Waals surface area contributed by atoms with Crippen LogP contribution in [0.1, 0.15) is 75.3 Å². The summed E-state index contributed by atoms with van der Waals surface area (Å²) in [5, 5.41) is 5.55. The van der Waals surface area contributed by atoms with Gasteiger partial charge in [0.05, 0.1) is 5.00 Å². The molecule has 0 amide bonds. The van der Waals surface area contributed by atoms with Gasteiger partial charge in [-0.1, -0.05) is 99.2 Å². The van der Waals surface area contributed by atoms with Gasteiger partial charge in [0.1, 0.15) is 23.0 Å². The van der Waals surface area contributed by atoms with Crippen molar-refractivity contribution in [1.82, 2.24) is 0 Å². The van der Waals surface area contributed by atoms with Crippen LogP contribution < -0.4 is 52.1 Å². The zero-order chi connectivity index (χ0) is 36.9. The fraction of sp³-hybridized carbons (Fsp3) is 0.280. The minimum atomic E-state index is 0.120. The largest absolute Gasteiger partial charge is 0.458 e. The van der Waals surface area contributed by atoms with Crippen LogP contribution >= 0.6 is 11.3 Å². The molecule has 0 bridgehead atoms. The van der Waals surface area contributed by atoms with Crippen molar-refractivity contribution in [2.24, 2.45) is 0 Å². The van der Waals surface area contributed by atoms with Gasteiger partial charge in [-0.05, 0) is 124 Å². The minimum Gasteiger partial charge on any atom is -0.458 e. The fourth-order valence-electron chi connectivity index (χ4n) is 12.7. The molecule has 6 aromatic carbocycles. The quantitative estimate of drug-likeness (QED) is 0.165. The number of fused-ring (bicyclic) bond motifs is 12. The first-order valence-corrected chi connectivity index (χ1v) is 22.6. The Morgan fingerprint density at radius 3 is 1.82 bits per heavy atom. The van der Waals surface area contributed by atoms with Gasteiger partial charge in [0.15, 0.2) is 0 Å². The van der Waals surface area contributed by atoms with E-state index in [2.05, 4.69) is 107 Å². The number of hydrogen-bond acceptors (Lipinski definition) is 5. The van der Waals surface area contributed by atoms with E-state index in [1.807, 2.05) is 11.3 Å². The zero-order valence-electron chi connectivity index (χ0n) is 32.2. The Bertz CT molecular complexity index is 2890. The number of rotatable bonds is 2. The van der Waals surface area contributed by atoms with E-state index in [9.17, 15) is 0 Å². The lowest BCUT2D eigenvalue weighted by Gasteiger charge is -2.45. The van der Waals surface area contributed by atoms with Gasteiger partial charge >= 0.3 is 0 Å². The van der Waals surface area contributed by atoms with Gasteiger partial charge in [-0.3, -0.25) is 0 Å². The van der Waals surface area contributed by atoms with E-state index < -0.39 is 0 Å². The van der Waals surface area contributed by atoms with Gasteiger partial charge < -0.3 is 19.3 Å². The van der Waals surface area contributed by atoms with Crippen molar-refractivity contribution in [2.45, 2.75) is 89.1 Å². The topological polar surface area (TPSA) is 24.9 Å². The van der Waals surface area contributed by atoms with Crippen LogP contribution in [-0.4, -0.2) is 25.5 Å². The molecule has 0 atom stereocenters. The lowest BCUT2D eigenvalue weighted by molar-refractivity contribution is 0.435. The molecule has 0 N–H and O–H groups in total. The molecule has 14 rings (SSSR count). The van der Waals surface area contributed by atoms with Crippen molar-refractivity contribution in [1.29, 1.82) is 0 Å². The Morgan fingerprint density at radius 1 is 0.526 bits per heavy atom. The van der Waals surface area contributed by atoms with Crippen LogP contribution in [-0.2, 0) is 12.8 Å². The van der Waals surface area contributed by atoms with Crippen LogP contribution in [0.4, 0.5) is 22.1 Å². The first-order valence-electron chi connectivity index (χ1n) is 21.8. The highest BCUT2D eigenvalue weighted by molar-refractivity contribution is 7.26. The first-order chi connectivity index (χ1) is 28.3. The fourth-order valence-corrected chi connectivity index (χ4v) is 14.0. The molecule has 4 nitrogen and oxygen atoms in total. The van der Waals surface area contributed by atoms with Gasteiger partial charge in [-0.25, -0.2) is 0 Å². The number of hydrogen-bond donors (Lipinski definition) is 0. The summed E-state index contributed by atoms with van der Waals surface area (Å²) in [5.74, 6) is 4.24. The molecule has 0 spiro atoms. The molecule has 2 saturated carbocycles. The second-order valence-electron chi connectivity index (χ2n) is 17.8. The maximum absolute atomic E-state index is 7.24. The van der Waals surface area contributed by atoms with Crippen LogP contribution in [0.2, 0.25) is 0 Å². The molecule has 4 aliphatic heterocycles. The number of anilines is 4. The highest BCUT2D eigenvalue weighted by Crippen LogP contribution is 2.49. The molecule has 3 aliphatic carbocycles. The third-order valence-electron chi connectivity index (χ3n) is 14.9. The third-order valence-corrected chi connectivity index (χ3v) is 16.1. The van der Waals surface area contributed by atoms with Crippen molar-refractivity contribution in [3.05, 3.63) is 108 Å². The Hall–Kier alpha value is -5.13. The smallest absolute Gasteiger partial charge is 0.258 e. The van der Waals surface area contributed by atoms with Crippen molar-refractivity contribution < 1.29 is 9.47 Å². The normalized spacial score (nSPS) is 18.7. The lowest BCUT2D eigenvalue weighted by atomic mass is 9.33. The summed E-state index contributed by atoms with van der Waals surface area (Å²) >= 11 is 2.00. The highest BCUT2D eigenvalue weighted by Gasteiger charge is 2.48. The van der Waals surface area contributed by atoms with Crippen molar-refractivity contribution >= 4 is 100 Å². The van der Waals surface area contributed by atoms with Crippen LogP contribution in [0.15, 0.2) is 97.1 Å². The van der Waals surface area contributed by atoms with Crippen molar-refractivity contribution in [2.75, 3.05) is 9.80 Å². The molecule has 57 heavy (non-hydrogen) atoms. The van der Waals surface area contributed by atoms with Gasteiger partial charge in [-0.2, -0.15) is 0 Å². The van der Waals surface area contributed by atoms with Gasteiger partial charge in [-0.15, -0.1) is 11.3 Å². The standard InChI is InChI=1S/C50H42B2N2O2S/c1-3-13-30(14-4-1)53-38-19-9-8-18-35(38)51-36-27-29-28-37-49(34-26-25-33(44(29)34)48(36)55-41-22-11-20-39(53)46(41)51)56-42-23-12-21-40-47(42)52(37)45-32-17-7-10-24-43(32)57-50(45)54(40)31-15-5-2-6-16-31/h7-12,17-24,27-28,30-31H,1-6,13-16,25-26H2. The molecule has 276 valence electrons. The summed E-state index contributed by atoms with van der Waals surface area (Å²) in [7, 11) is 0. The van der Waals surface area contributed by atoms with E-state index in [1.165, 1.54) is 151 Å². The predicted octanol–water partition coefficient (Wildman–Crippen LogP) is 8.97. The van der Waals surface area contributed by atoms with Gasteiger partial charge in [0.2, 0.25) is 0 Å². The monoisotopic (exact) mass is 756 g/mol. The lowest BCUT2D eigenvalue weighted by Crippen LogP contribution is -2.61. The number of aryl methyl sites for hydroxylation is 2. The van der Waals surface area contributed by atoms with Crippen LogP contribution in [0.5, 0.6) is 23.0 Å². The molecule has 1 aromatic heterocycles. The average molecular weight is 757 g/mol. The number of nitrogens with zero attached hydrogens (tertiary/aromatic N) is 2. The summed E-state index contributed by atoms with van der Waals surface area (Å²) in [6.07, 6.45) is 14.8. The van der Waals surface area contributed by atoms with E-state index in [0.717, 1.165) is 35.8 Å². The maximum Gasteiger partial charge on any atom is 0.258 e. The summed E-state index contributed by atoms with van der Waals surface area (Å²) in [4.78, 5) is 5.45. The molecule has 2 fully saturated rings. The van der Waals surface area contributed by atoms with E-state index in [1.54, 1.807) is 0 Å². The molecule has 0 saturated heterocycles. The molecule has 0 radical (unpaired) electrons. The van der Waals surface area contributed by atoms with Crippen molar-refractivity contribution in [3.8, 4) is 23.0 Å². The van der Waals surface area contributed by atoms with Gasteiger partial charge in [0, 0.05) is 45.0 Å². The van der Waals surface area contributed by atoms with Crippen molar-refractivity contribution in [3.63, 3.8) is 0 Å². The third kappa shape index (κ3) is 4.21. The summed E-state index contributed by atoms with van der Waals surface area (Å²) < 4.78 is 15.8. The number of benzene rings is 6. The molecule has 5 heterocycles. The number of thiophene rings is 1. The Kier molecular flexibility index (Phi) is 6.56. The van der Waals surface area contributed by atoms with E-state index in [0.29, 0.717) is 12.1 Å². The van der Waals surface area contributed by atoms with Crippen LogP contribution in [0, 0.1) is 0 Å². The van der Waals surface area contributed by atoms with E-state index in [-0.39, 0.29) is 13.4 Å². The molecule has 7 aromatic rings. The number of para-hydroxylation sites is 1. The van der Waals surface area contributed by atoms with Crippen LogP contribution in [0.25, 0.3) is 20.9 Å². The number of ether oxygens (including phenoxy) is 2. The summed E-state index contributed by atoms with van der Waals surface area (Å²) in [6.45, 7) is 0.251. The second-order valence-corrected chi connectivity index (χ2v) is 18.8. The van der Waals surface area contributed by atoms with Crippen LogP contribution in [0.3, 0.4) is 0 Å². The average Bonchev–Trinajstić information content (AvgIpc) is 3.89. The maximum atomic E-state index is 7.24. The Labute approximate surface area is 338 Å². The zero-order valence-corrected chi connectivity index (χ0v) is 33.0. The summed E-state index contributed by atoms with van der Waals surface area (Å²) in [6, 6.07) is 38.3. The molecular formula is C50H42B2N2O2S. The van der Waals surface area contributed by atoms with E-state index in [4.69, 9.17) is 9.47 Å².